The predicted molar refractivity (Wildman–Crippen MR) is 52.0 cm³/mol. The van der Waals surface area contributed by atoms with E-state index in [2.05, 4.69) is 0 Å². The van der Waals surface area contributed by atoms with Crippen molar-refractivity contribution in [2.24, 2.45) is 0 Å². The number of hydrogen-bond donors (Lipinski definition) is 0. The highest BCUT2D eigenvalue weighted by molar-refractivity contribution is 5.83. The van der Waals surface area contributed by atoms with Crippen molar-refractivity contribution < 1.29 is 19.1 Å². The topological polar surface area (TPSA) is 63.7 Å². The molecule has 0 aliphatic carbocycles. The first-order valence-electron chi connectivity index (χ1n) is 4.84. The second-order valence-electron chi connectivity index (χ2n) is 3.83. The SMILES string of the molecule is CC(=O)C[C@@H]1[C@@H](OC(C)=O)CC(=O)N1C. The van der Waals surface area contributed by atoms with Crippen molar-refractivity contribution in [3.05, 3.63) is 0 Å². The molecule has 5 nitrogen and oxygen atoms in total. The van der Waals surface area contributed by atoms with Crippen LogP contribution in [0.3, 0.4) is 0 Å². The smallest absolute Gasteiger partial charge is 0.302 e. The van der Waals surface area contributed by atoms with Crippen molar-refractivity contribution in [1.29, 1.82) is 0 Å². The first-order chi connectivity index (χ1) is 6.91. The molecular formula is C10H15NO4. The van der Waals surface area contributed by atoms with E-state index in [1.165, 1.54) is 18.7 Å². The number of carbonyl (C=O) groups is 3. The minimum Gasteiger partial charge on any atom is -0.460 e. The Morgan fingerprint density at radius 3 is 2.53 bits per heavy atom. The van der Waals surface area contributed by atoms with E-state index >= 15 is 0 Å². The molecule has 15 heavy (non-hydrogen) atoms. The molecule has 84 valence electrons. The number of ketones is 1. The number of hydrogen-bond acceptors (Lipinski definition) is 4. The van der Waals surface area contributed by atoms with Gasteiger partial charge in [0.15, 0.2) is 0 Å². The first-order valence-corrected chi connectivity index (χ1v) is 4.84. The van der Waals surface area contributed by atoms with Crippen molar-refractivity contribution >= 4 is 17.7 Å². The molecule has 0 radical (unpaired) electrons. The lowest BCUT2D eigenvalue weighted by Gasteiger charge is -2.23. The van der Waals surface area contributed by atoms with Gasteiger partial charge in [-0.25, -0.2) is 0 Å². The Kier molecular flexibility index (Phi) is 3.44. The van der Waals surface area contributed by atoms with Crippen LogP contribution in [-0.4, -0.2) is 41.8 Å². The van der Waals surface area contributed by atoms with Crippen LogP contribution >= 0.6 is 0 Å². The van der Waals surface area contributed by atoms with Crippen LogP contribution in [0.15, 0.2) is 0 Å². The number of likely N-dealkylation sites (N-methyl/N-ethyl adjacent to an activating group) is 1. The molecule has 0 aromatic heterocycles. The van der Waals surface area contributed by atoms with Crippen molar-refractivity contribution in [2.75, 3.05) is 7.05 Å². The maximum absolute atomic E-state index is 11.4. The molecule has 0 N–H and O–H groups in total. The van der Waals surface area contributed by atoms with E-state index in [1.54, 1.807) is 7.05 Å². The fourth-order valence-corrected chi connectivity index (χ4v) is 1.78. The molecule has 1 heterocycles. The maximum atomic E-state index is 11.4. The summed E-state index contributed by atoms with van der Waals surface area (Å²) < 4.78 is 5.01. The molecule has 1 aliphatic heterocycles. The highest BCUT2D eigenvalue weighted by Crippen LogP contribution is 2.23. The van der Waals surface area contributed by atoms with Crippen LogP contribution < -0.4 is 0 Å². The Hall–Kier alpha value is -1.39. The van der Waals surface area contributed by atoms with Crippen molar-refractivity contribution in [2.45, 2.75) is 38.8 Å². The largest absolute Gasteiger partial charge is 0.460 e. The molecule has 1 aliphatic rings. The Morgan fingerprint density at radius 2 is 2.07 bits per heavy atom. The molecule has 0 spiro atoms. The van der Waals surface area contributed by atoms with Crippen molar-refractivity contribution in [1.82, 2.24) is 4.90 Å². The van der Waals surface area contributed by atoms with Gasteiger partial charge in [-0.3, -0.25) is 14.4 Å². The summed E-state index contributed by atoms with van der Waals surface area (Å²) in [4.78, 5) is 34.7. The van der Waals surface area contributed by atoms with Crippen LogP contribution in [-0.2, 0) is 19.1 Å². The van der Waals surface area contributed by atoms with Crippen LogP contribution in [0.5, 0.6) is 0 Å². The number of carbonyl (C=O) groups excluding carboxylic acids is 3. The summed E-state index contributed by atoms with van der Waals surface area (Å²) >= 11 is 0. The van der Waals surface area contributed by atoms with E-state index in [9.17, 15) is 14.4 Å². The summed E-state index contributed by atoms with van der Waals surface area (Å²) in [6.45, 7) is 2.76. The molecule has 1 amide bonds. The summed E-state index contributed by atoms with van der Waals surface area (Å²) in [6.07, 6.45) is -0.0716. The zero-order valence-corrected chi connectivity index (χ0v) is 9.15. The average Bonchev–Trinajstić information content (AvgIpc) is 2.31. The van der Waals surface area contributed by atoms with E-state index in [0.717, 1.165) is 0 Å². The van der Waals surface area contributed by atoms with Crippen LogP contribution in [0.25, 0.3) is 0 Å². The van der Waals surface area contributed by atoms with Crippen LogP contribution in [0.4, 0.5) is 0 Å². The average molecular weight is 213 g/mol. The monoisotopic (exact) mass is 213 g/mol. The molecule has 1 fully saturated rings. The molecule has 0 unspecified atom stereocenters. The third-order valence-corrected chi connectivity index (χ3v) is 2.51. The van der Waals surface area contributed by atoms with Gasteiger partial charge in [-0.1, -0.05) is 0 Å². The number of likely N-dealkylation sites (tertiary alicyclic amines) is 1. The Bertz CT molecular complexity index is 298. The normalized spacial score (nSPS) is 25.5. The number of ether oxygens (including phenoxy) is 1. The van der Waals surface area contributed by atoms with Gasteiger partial charge in [0, 0.05) is 20.4 Å². The zero-order valence-electron chi connectivity index (χ0n) is 9.15. The molecule has 5 heteroatoms. The molecule has 1 saturated heterocycles. The van der Waals surface area contributed by atoms with Gasteiger partial charge in [0.05, 0.1) is 12.5 Å². The summed E-state index contributed by atoms with van der Waals surface area (Å²) in [5.74, 6) is -0.525. The minimum absolute atomic E-state index is 0.0151. The Morgan fingerprint density at radius 1 is 1.47 bits per heavy atom. The molecule has 1 rings (SSSR count). The van der Waals surface area contributed by atoms with E-state index in [0.29, 0.717) is 0 Å². The lowest BCUT2D eigenvalue weighted by molar-refractivity contribution is -0.148. The van der Waals surface area contributed by atoms with Crippen LogP contribution in [0.1, 0.15) is 26.7 Å². The summed E-state index contributed by atoms with van der Waals surface area (Å²) in [6, 6.07) is -0.307. The van der Waals surface area contributed by atoms with Gasteiger partial charge in [-0.15, -0.1) is 0 Å². The fourth-order valence-electron chi connectivity index (χ4n) is 1.78. The highest BCUT2D eigenvalue weighted by Gasteiger charge is 2.40. The molecular weight excluding hydrogens is 198 g/mol. The fraction of sp³-hybridized carbons (Fsp3) is 0.700. The van der Waals surface area contributed by atoms with Gasteiger partial charge in [-0.2, -0.15) is 0 Å². The van der Waals surface area contributed by atoms with E-state index in [-0.39, 0.29) is 30.6 Å². The van der Waals surface area contributed by atoms with Gasteiger partial charge in [0.1, 0.15) is 11.9 Å². The van der Waals surface area contributed by atoms with Gasteiger partial charge >= 0.3 is 5.97 Å². The molecule has 0 aromatic rings. The standard InChI is InChI=1S/C10H15NO4/c1-6(12)4-8-9(15-7(2)13)5-10(14)11(8)3/h8-9H,4-5H2,1-3H3/t8-,9+/m1/s1. The third kappa shape index (κ3) is 2.78. The Balaban J connectivity index is 2.72. The molecule has 2 atom stereocenters. The van der Waals surface area contributed by atoms with Crippen molar-refractivity contribution in [3.63, 3.8) is 0 Å². The van der Waals surface area contributed by atoms with Gasteiger partial charge < -0.3 is 9.64 Å². The third-order valence-electron chi connectivity index (χ3n) is 2.51. The number of rotatable bonds is 3. The lowest BCUT2D eigenvalue weighted by atomic mass is 10.1. The van der Waals surface area contributed by atoms with Gasteiger partial charge in [-0.05, 0) is 6.92 Å². The highest BCUT2D eigenvalue weighted by atomic mass is 16.5. The summed E-state index contributed by atoms with van der Waals surface area (Å²) in [5, 5.41) is 0. The molecule has 0 saturated carbocycles. The van der Waals surface area contributed by atoms with Crippen LogP contribution in [0, 0.1) is 0 Å². The maximum Gasteiger partial charge on any atom is 0.302 e. The van der Waals surface area contributed by atoms with E-state index < -0.39 is 12.1 Å². The molecule has 0 aromatic carbocycles. The van der Waals surface area contributed by atoms with E-state index in [4.69, 9.17) is 4.74 Å². The quantitative estimate of drug-likeness (QED) is 0.625. The minimum atomic E-state index is -0.483. The predicted octanol–water partition coefficient (Wildman–Crippen LogP) is 0.128. The lowest BCUT2D eigenvalue weighted by Crippen LogP contribution is -2.37. The summed E-state index contributed by atoms with van der Waals surface area (Å²) in [5.41, 5.74) is 0. The zero-order chi connectivity index (χ0) is 11.6. The second kappa shape index (κ2) is 4.42. The molecule has 0 bridgehead atoms. The number of amides is 1. The Labute approximate surface area is 88.4 Å². The van der Waals surface area contributed by atoms with Gasteiger partial charge in [0.25, 0.3) is 0 Å². The van der Waals surface area contributed by atoms with Crippen LogP contribution in [0.2, 0.25) is 0 Å². The number of nitrogens with zero attached hydrogens (tertiary/aromatic N) is 1. The number of esters is 1. The first kappa shape index (κ1) is 11.7. The summed E-state index contributed by atoms with van der Waals surface area (Å²) in [7, 11) is 1.62. The van der Waals surface area contributed by atoms with Crippen molar-refractivity contribution in [3.8, 4) is 0 Å². The van der Waals surface area contributed by atoms with Gasteiger partial charge in [0.2, 0.25) is 5.91 Å². The van der Waals surface area contributed by atoms with E-state index in [1.807, 2.05) is 0 Å². The second-order valence-corrected chi connectivity index (χ2v) is 3.83. The number of Topliss-reactive ketones (excluding diaryl/α,β-unsaturated/α-hetero) is 1.